The number of nitrogens with zero attached hydrogens (tertiary/aromatic N) is 2. The summed E-state index contributed by atoms with van der Waals surface area (Å²) in [6, 6.07) is 4.56. The van der Waals surface area contributed by atoms with Crippen LogP contribution in [0.2, 0.25) is 0 Å². The van der Waals surface area contributed by atoms with Crippen molar-refractivity contribution in [1.82, 2.24) is 9.80 Å². The van der Waals surface area contributed by atoms with E-state index in [-0.39, 0.29) is 6.61 Å². The third kappa shape index (κ3) is 6.04. The van der Waals surface area contributed by atoms with Gasteiger partial charge in [-0.2, -0.15) is 13.2 Å². The largest absolute Gasteiger partial charge is 0.445 e. The third-order valence-electron chi connectivity index (χ3n) is 4.07. The second kappa shape index (κ2) is 8.84. The Hall–Kier alpha value is -2.09. The molecule has 1 saturated heterocycles. The van der Waals surface area contributed by atoms with Crippen molar-refractivity contribution in [2.75, 3.05) is 32.7 Å². The molecular formula is C17H21F3N2O3. The van der Waals surface area contributed by atoms with Crippen LogP contribution in [0.5, 0.6) is 0 Å². The summed E-state index contributed by atoms with van der Waals surface area (Å²) in [5.41, 5.74) is -0.220. The summed E-state index contributed by atoms with van der Waals surface area (Å²) in [5, 5.41) is 0. The Morgan fingerprint density at radius 2 is 1.76 bits per heavy atom. The fraction of sp³-hybridized carbons (Fsp3) is 0.529. The lowest BCUT2D eigenvalue weighted by Crippen LogP contribution is -2.48. The zero-order valence-electron chi connectivity index (χ0n) is 13.8. The Balaban J connectivity index is 1.73. The average molecular weight is 358 g/mol. The van der Waals surface area contributed by atoms with Gasteiger partial charge in [-0.25, -0.2) is 4.79 Å². The van der Waals surface area contributed by atoms with Crippen LogP contribution in [-0.4, -0.2) is 54.9 Å². The number of ether oxygens (including phenoxy) is 1. The van der Waals surface area contributed by atoms with E-state index in [0.717, 1.165) is 31.4 Å². The molecule has 0 aliphatic carbocycles. The summed E-state index contributed by atoms with van der Waals surface area (Å²) in [5.74, 6) is 0. The number of halogens is 3. The van der Waals surface area contributed by atoms with E-state index in [9.17, 15) is 22.8 Å². The molecule has 5 nitrogen and oxygen atoms in total. The third-order valence-corrected chi connectivity index (χ3v) is 4.07. The highest BCUT2D eigenvalue weighted by Crippen LogP contribution is 2.29. The maximum Gasteiger partial charge on any atom is 0.416 e. The first-order valence-electron chi connectivity index (χ1n) is 8.14. The van der Waals surface area contributed by atoms with Gasteiger partial charge in [0.25, 0.3) is 0 Å². The summed E-state index contributed by atoms with van der Waals surface area (Å²) < 4.78 is 42.6. The van der Waals surface area contributed by atoms with Gasteiger partial charge in [-0.1, -0.05) is 12.1 Å². The summed E-state index contributed by atoms with van der Waals surface area (Å²) in [4.78, 5) is 26.1. The second-order valence-corrected chi connectivity index (χ2v) is 5.89. The number of hydrogen-bond donors (Lipinski definition) is 0. The number of benzene rings is 1. The van der Waals surface area contributed by atoms with Crippen molar-refractivity contribution in [2.45, 2.75) is 25.6 Å². The van der Waals surface area contributed by atoms with Crippen LogP contribution in [0, 0.1) is 0 Å². The molecule has 0 atom stereocenters. The van der Waals surface area contributed by atoms with Crippen LogP contribution in [0.1, 0.15) is 24.0 Å². The Labute approximate surface area is 144 Å². The molecule has 0 radical (unpaired) electrons. The van der Waals surface area contributed by atoms with E-state index in [1.54, 1.807) is 4.90 Å². The molecule has 1 amide bonds. The Morgan fingerprint density at radius 1 is 1.12 bits per heavy atom. The minimum absolute atomic E-state index is 0.0590. The molecule has 1 aliphatic rings. The van der Waals surface area contributed by atoms with Crippen LogP contribution in [0.25, 0.3) is 0 Å². The highest BCUT2D eigenvalue weighted by atomic mass is 19.4. The highest BCUT2D eigenvalue weighted by molar-refractivity contribution is 5.67. The molecule has 0 bridgehead atoms. The monoisotopic (exact) mass is 358 g/mol. The molecular weight excluding hydrogens is 337 g/mol. The lowest BCUT2D eigenvalue weighted by molar-refractivity contribution is -0.137. The van der Waals surface area contributed by atoms with Gasteiger partial charge in [-0.05, 0) is 30.7 Å². The van der Waals surface area contributed by atoms with E-state index in [4.69, 9.17) is 4.74 Å². The lowest BCUT2D eigenvalue weighted by Gasteiger charge is -2.33. The molecule has 0 aromatic heterocycles. The number of carbonyl (C=O) groups is 2. The number of alkyl halides is 3. The predicted octanol–water partition coefficient (Wildman–Crippen LogP) is 2.94. The molecule has 0 saturated carbocycles. The smallest absolute Gasteiger partial charge is 0.416 e. The van der Waals surface area contributed by atoms with Crippen molar-refractivity contribution < 1.29 is 27.5 Å². The van der Waals surface area contributed by atoms with Gasteiger partial charge in [-0.3, -0.25) is 4.90 Å². The standard InChI is InChI=1S/C17H21F3N2O3/c18-17(19,20)15-5-3-14(4-6-15)13-25-16(24)22-10-8-21(9-11-22)7-1-2-12-23/h3-6,12H,1-2,7-11,13H2. The Morgan fingerprint density at radius 3 is 2.32 bits per heavy atom. The van der Waals surface area contributed by atoms with Crippen LogP contribution < -0.4 is 0 Å². The summed E-state index contributed by atoms with van der Waals surface area (Å²) in [7, 11) is 0. The minimum Gasteiger partial charge on any atom is -0.445 e. The topological polar surface area (TPSA) is 49.9 Å². The molecule has 2 rings (SSSR count). The fourth-order valence-corrected chi connectivity index (χ4v) is 2.58. The second-order valence-electron chi connectivity index (χ2n) is 5.89. The first kappa shape index (κ1) is 19.2. The zero-order chi connectivity index (χ0) is 18.3. The van der Waals surface area contributed by atoms with Crippen LogP contribution in [0.15, 0.2) is 24.3 Å². The zero-order valence-corrected chi connectivity index (χ0v) is 13.8. The molecule has 0 spiro atoms. The van der Waals surface area contributed by atoms with Gasteiger partial charge in [0.1, 0.15) is 12.9 Å². The van der Waals surface area contributed by atoms with Gasteiger partial charge < -0.3 is 14.4 Å². The SMILES string of the molecule is O=CCCCN1CCN(C(=O)OCc2ccc(C(F)(F)F)cc2)CC1. The molecule has 1 aromatic carbocycles. The van der Waals surface area contributed by atoms with E-state index in [1.165, 1.54) is 12.1 Å². The lowest BCUT2D eigenvalue weighted by atomic mass is 10.1. The van der Waals surface area contributed by atoms with Crippen LogP contribution >= 0.6 is 0 Å². The van der Waals surface area contributed by atoms with Crippen LogP contribution in [-0.2, 0) is 22.3 Å². The Kier molecular flexibility index (Phi) is 6.81. The van der Waals surface area contributed by atoms with Crippen molar-refractivity contribution >= 4 is 12.4 Å². The number of piperazine rings is 1. The van der Waals surface area contributed by atoms with Gasteiger partial charge >= 0.3 is 12.3 Å². The molecule has 1 heterocycles. The number of rotatable bonds is 6. The molecule has 0 unspecified atom stereocenters. The van der Waals surface area contributed by atoms with Gasteiger partial charge in [0.05, 0.1) is 5.56 Å². The number of hydrogen-bond acceptors (Lipinski definition) is 4. The van der Waals surface area contributed by atoms with Crippen molar-refractivity contribution in [3.63, 3.8) is 0 Å². The number of amides is 1. The van der Waals surface area contributed by atoms with E-state index in [2.05, 4.69) is 4.90 Å². The number of aldehydes is 1. The molecule has 1 aliphatic heterocycles. The fourth-order valence-electron chi connectivity index (χ4n) is 2.58. The average Bonchev–Trinajstić information content (AvgIpc) is 2.60. The van der Waals surface area contributed by atoms with E-state index >= 15 is 0 Å². The van der Waals surface area contributed by atoms with Crippen molar-refractivity contribution in [3.05, 3.63) is 35.4 Å². The van der Waals surface area contributed by atoms with Crippen molar-refractivity contribution in [1.29, 1.82) is 0 Å². The molecule has 1 aromatic rings. The van der Waals surface area contributed by atoms with Crippen LogP contribution in [0.3, 0.4) is 0 Å². The quantitative estimate of drug-likeness (QED) is 0.580. The summed E-state index contributed by atoms with van der Waals surface area (Å²) >= 11 is 0. The van der Waals surface area contributed by atoms with E-state index < -0.39 is 17.8 Å². The van der Waals surface area contributed by atoms with Gasteiger partial charge in [0.15, 0.2) is 0 Å². The summed E-state index contributed by atoms with van der Waals surface area (Å²) in [6.45, 7) is 3.27. The number of unbranched alkanes of at least 4 members (excludes halogenated alkanes) is 1. The van der Waals surface area contributed by atoms with Crippen LogP contribution in [0.4, 0.5) is 18.0 Å². The highest BCUT2D eigenvalue weighted by Gasteiger charge is 2.30. The van der Waals surface area contributed by atoms with Gasteiger partial charge in [-0.15, -0.1) is 0 Å². The first-order chi connectivity index (χ1) is 11.9. The Bertz CT molecular complexity index is 567. The minimum atomic E-state index is -4.37. The van der Waals surface area contributed by atoms with Gasteiger partial charge in [0, 0.05) is 32.6 Å². The maximum absolute atomic E-state index is 12.5. The first-order valence-corrected chi connectivity index (χ1v) is 8.14. The van der Waals surface area contributed by atoms with E-state index in [1.807, 2.05) is 0 Å². The normalized spacial score (nSPS) is 15.9. The molecule has 0 N–H and O–H groups in total. The molecule has 1 fully saturated rings. The van der Waals surface area contributed by atoms with Crippen molar-refractivity contribution in [3.8, 4) is 0 Å². The molecule has 25 heavy (non-hydrogen) atoms. The van der Waals surface area contributed by atoms with Crippen molar-refractivity contribution in [2.24, 2.45) is 0 Å². The maximum atomic E-state index is 12.5. The predicted molar refractivity (Wildman–Crippen MR) is 84.9 cm³/mol. The van der Waals surface area contributed by atoms with E-state index in [0.29, 0.717) is 38.2 Å². The molecule has 138 valence electrons. The van der Waals surface area contributed by atoms with Gasteiger partial charge in [0.2, 0.25) is 0 Å². The summed E-state index contributed by atoms with van der Waals surface area (Å²) in [6.07, 6.45) is -2.60. The number of carbonyl (C=O) groups excluding carboxylic acids is 2. The molecule has 8 heteroatoms.